The van der Waals surface area contributed by atoms with E-state index >= 15 is 0 Å². The fourth-order valence-corrected chi connectivity index (χ4v) is 5.41. The molecular formula is C31H32ClFN4O4. The van der Waals surface area contributed by atoms with Crippen molar-refractivity contribution in [2.75, 3.05) is 20.2 Å². The zero-order valence-electron chi connectivity index (χ0n) is 23.1. The number of esters is 1. The first-order chi connectivity index (χ1) is 19.9. The summed E-state index contributed by atoms with van der Waals surface area (Å²) in [5, 5.41) is 0.356. The van der Waals surface area contributed by atoms with E-state index in [0.717, 1.165) is 61.3 Å². The van der Waals surface area contributed by atoms with Crippen molar-refractivity contribution < 1.29 is 23.4 Å². The SMILES string of the molecule is COC(=O)c1cc(OC2CC2)c2nc(CN3CCC(c4cccc(OCc5ccc(Cl)cc5F)n4)CC3)n(C)c2c1. The number of fused-ring (bicyclic) bond motifs is 1. The van der Waals surface area contributed by atoms with Crippen LogP contribution in [0, 0.1) is 5.82 Å². The van der Waals surface area contributed by atoms with Crippen LogP contribution in [0.15, 0.2) is 48.5 Å². The number of carbonyl (C=O) groups is 1. The summed E-state index contributed by atoms with van der Waals surface area (Å²) >= 11 is 5.85. The zero-order valence-corrected chi connectivity index (χ0v) is 23.9. The van der Waals surface area contributed by atoms with Gasteiger partial charge in [0.2, 0.25) is 5.88 Å². The van der Waals surface area contributed by atoms with Crippen LogP contribution in [-0.4, -0.2) is 51.7 Å². The number of benzene rings is 2. The number of pyridine rings is 1. The Morgan fingerprint density at radius 3 is 2.61 bits per heavy atom. The van der Waals surface area contributed by atoms with Crippen LogP contribution >= 0.6 is 11.6 Å². The van der Waals surface area contributed by atoms with E-state index in [1.165, 1.54) is 13.2 Å². The van der Waals surface area contributed by atoms with E-state index in [1.807, 2.05) is 29.8 Å². The number of imidazole rings is 1. The number of methoxy groups -OCH3 is 1. The van der Waals surface area contributed by atoms with Gasteiger partial charge in [-0.2, -0.15) is 0 Å². The van der Waals surface area contributed by atoms with E-state index in [-0.39, 0.29) is 12.7 Å². The fraction of sp³-hybridized carbons (Fsp3) is 0.387. The molecule has 1 aliphatic carbocycles. The molecule has 0 unspecified atom stereocenters. The highest BCUT2D eigenvalue weighted by atomic mass is 35.5. The molecule has 10 heteroatoms. The van der Waals surface area contributed by atoms with Crippen LogP contribution in [0.25, 0.3) is 11.0 Å². The minimum Gasteiger partial charge on any atom is -0.488 e. The summed E-state index contributed by atoms with van der Waals surface area (Å²) in [5.74, 6) is 1.56. The molecule has 2 aromatic heterocycles. The summed E-state index contributed by atoms with van der Waals surface area (Å²) in [7, 11) is 3.36. The molecule has 8 nitrogen and oxygen atoms in total. The second kappa shape index (κ2) is 11.7. The van der Waals surface area contributed by atoms with Gasteiger partial charge in [0.15, 0.2) is 0 Å². The monoisotopic (exact) mass is 578 g/mol. The van der Waals surface area contributed by atoms with Crippen molar-refractivity contribution in [2.24, 2.45) is 7.05 Å². The molecule has 2 aliphatic rings. The predicted molar refractivity (Wildman–Crippen MR) is 153 cm³/mol. The summed E-state index contributed by atoms with van der Waals surface area (Å²) in [5.41, 5.74) is 3.51. The van der Waals surface area contributed by atoms with Crippen molar-refractivity contribution in [1.82, 2.24) is 19.4 Å². The van der Waals surface area contributed by atoms with Crippen LogP contribution in [0.1, 0.15) is 59.0 Å². The second-order valence-corrected chi connectivity index (χ2v) is 11.1. The maximum absolute atomic E-state index is 14.1. The highest BCUT2D eigenvalue weighted by molar-refractivity contribution is 6.30. The van der Waals surface area contributed by atoms with Gasteiger partial charge in [-0.25, -0.2) is 19.2 Å². The van der Waals surface area contributed by atoms with Crippen molar-refractivity contribution in [3.63, 3.8) is 0 Å². The average Bonchev–Trinajstić information content (AvgIpc) is 3.75. The third-order valence-corrected chi connectivity index (χ3v) is 8.03. The molecule has 0 atom stereocenters. The molecule has 214 valence electrons. The first-order valence-corrected chi connectivity index (χ1v) is 14.3. The first kappa shape index (κ1) is 27.5. The molecule has 0 radical (unpaired) electrons. The highest BCUT2D eigenvalue weighted by Crippen LogP contribution is 2.34. The molecule has 1 saturated heterocycles. The van der Waals surface area contributed by atoms with Gasteiger partial charge in [0.05, 0.1) is 30.8 Å². The standard InChI is InChI=1S/C31H32ClFN4O4/c1-36-26-14-21(31(38)39-2)15-27(41-23-8-9-23)30(26)35-28(36)17-37-12-10-19(11-13-37)25-4-3-5-29(34-25)40-18-20-6-7-22(32)16-24(20)33/h3-7,14-16,19,23H,8-13,17-18H2,1-2H3. The second-order valence-electron chi connectivity index (χ2n) is 10.7. The first-order valence-electron chi connectivity index (χ1n) is 13.9. The summed E-state index contributed by atoms with van der Waals surface area (Å²) < 4.78 is 33.0. The number of carbonyl (C=O) groups excluding carboxylic acids is 1. The Morgan fingerprint density at radius 2 is 1.88 bits per heavy atom. The molecule has 2 fully saturated rings. The third kappa shape index (κ3) is 6.16. The number of ether oxygens (including phenoxy) is 3. The predicted octanol–water partition coefficient (Wildman–Crippen LogP) is 6.05. The van der Waals surface area contributed by atoms with Crippen LogP contribution in [0.5, 0.6) is 11.6 Å². The lowest BCUT2D eigenvalue weighted by Gasteiger charge is -2.31. The lowest BCUT2D eigenvalue weighted by atomic mass is 9.93. The Bertz CT molecular complexity index is 1580. The van der Waals surface area contributed by atoms with Crippen molar-refractivity contribution in [3.05, 3.63) is 82.0 Å². The molecule has 0 N–H and O–H groups in total. The minimum absolute atomic E-state index is 0.0877. The number of hydrogen-bond acceptors (Lipinski definition) is 7. The fourth-order valence-electron chi connectivity index (χ4n) is 5.25. The van der Waals surface area contributed by atoms with Crippen LogP contribution < -0.4 is 9.47 Å². The largest absolute Gasteiger partial charge is 0.488 e. The Labute approximate surface area is 243 Å². The van der Waals surface area contributed by atoms with Gasteiger partial charge in [0.25, 0.3) is 0 Å². The number of hydrogen-bond donors (Lipinski definition) is 0. The number of nitrogens with zero attached hydrogens (tertiary/aromatic N) is 4. The van der Waals surface area contributed by atoms with Crippen molar-refractivity contribution in [1.29, 1.82) is 0 Å². The van der Waals surface area contributed by atoms with Gasteiger partial charge in [0, 0.05) is 35.3 Å². The van der Waals surface area contributed by atoms with Crippen molar-refractivity contribution >= 4 is 28.6 Å². The summed E-state index contributed by atoms with van der Waals surface area (Å²) in [6, 6.07) is 13.9. The topological polar surface area (TPSA) is 78.7 Å². The summed E-state index contributed by atoms with van der Waals surface area (Å²) in [6.07, 6.45) is 4.13. The Hall–Kier alpha value is -3.69. The number of halogens is 2. The van der Waals surface area contributed by atoms with Gasteiger partial charge in [-0.1, -0.05) is 23.7 Å². The summed E-state index contributed by atoms with van der Waals surface area (Å²) in [4.78, 5) is 24.3. The van der Waals surface area contributed by atoms with Gasteiger partial charge in [-0.05, 0) is 69.1 Å². The molecular weight excluding hydrogens is 547 g/mol. The maximum Gasteiger partial charge on any atom is 0.338 e. The zero-order chi connectivity index (χ0) is 28.5. The molecule has 2 aromatic carbocycles. The van der Waals surface area contributed by atoms with Crippen molar-refractivity contribution in [3.8, 4) is 11.6 Å². The molecule has 41 heavy (non-hydrogen) atoms. The number of rotatable bonds is 9. The Morgan fingerprint density at radius 1 is 1.07 bits per heavy atom. The Kier molecular flexibility index (Phi) is 7.81. The minimum atomic E-state index is -0.391. The molecule has 0 amide bonds. The van der Waals surface area contributed by atoms with Gasteiger partial charge in [-0.3, -0.25) is 4.90 Å². The molecule has 1 aliphatic heterocycles. The molecule has 0 spiro atoms. The molecule has 3 heterocycles. The molecule has 6 rings (SSSR count). The average molecular weight is 579 g/mol. The molecule has 1 saturated carbocycles. The van der Waals surface area contributed by atoms with E-state index in [4.69, 9.17) is 35.8 Å². The highest BCUT2D eigenvalue weighted by Gasteiger charge is 2.28. The molecule has 4 aromatic rings. The van der Waals surface area contributed by atoms with E-state index in [2.05, 4.69) is 4.90 Å². The third-order valence-electron chi connectivity index (χ3n) is 7.79. The lowest BCUT2D eigenvalue weighted by molar-refractivity contribution is 0.0600. The van der Waals surface area contributed by atoms with Crippen LogP contribution in [-0.2, 0) is 24.9 Å². The van der Waals surface area contributed by atoms with Crippen LogP contribution in [0.3, 0.4) is 0 Å². The van der Waals surface area contributed by atoms with Gasteiger partial charge < -0.3 is 18.8 Å². The Balaban J connectivity index is 1.11. The van der Waals surface area contributed by atoms with E-state index in [1.54, 1.807) is 24.3 Å². The van der Waals surface area contributed by atoms with E-state index in [0.29, 0.717) is 40.2 Å². The lowest BCUT2D eigenvalue weighted by Crippen LogP contribution is -2.33. The number of aryl methyl sites for hydroxylation is 1. The number of piperidine rings is 1. The maximum atomic E-state index is 14.1. The quantitative estimate of drug-likeness (QED) is 0.224. The summed E-state index contributed by atoms with van der Waals surface area (Å²) in [6.45, 7) is 2.58. The van der Waals surface area contributed by atoms with E-state index in [9.17, 15) is 9.18 Å². The molecule has 0 bridgehead atoms. The van der Waals surface area contributed by atoms with Crippen LogP contribution in [0.4, 0.5) is 4.39 Å². The van der Waals surface area contributed by atoms with E-state index < -0.39 is 11.8 Å². The van der Waals surface area contributed by atoms with Gasteiger partial charge >= 0.3 is 5.97 Å². The smallest absolute Gasteiger partial charge is 0.338 e. The van der Waals surface area contributed by atoms with Crippen LogP contribution in [0.2, 0.25) is 5.02 Å². The number of likely N-dealkylation sites (tertiary alicyclic amines) is 1. The number of aromatic nitrogens is 3. The van der Waals surface area contributed by atoms with Gasteiger partial charge in [-0.15, -0.1) is 0 Å². The van der Waals surface area contributed by atoms with Crippen molar-refractivity contribution in [2.45, 2.75) is 50.9 Å². The van der Waals surface area contributed by atoms with Gasteiger partial charge in [0.1, 0.15) is 29.5 Å². The normalized spacial score (nSPS) is 16.2.